The number of fused-ring (bicyclic) bond motifs is 12. The normalized spacial score (nSPS) is 72.0. The molecule has 76 valence electrons. The molecule has 14 heavy (non-hydrogen) atoms. The predicted octanol–water partition coefficient (Wildman–Crippen LogP) is 3.32. The maximum atomic E-state index is 1.65. The Morgan fingerprint density at radius 3 is 1.00 bits per heavy atom. The lowest BCUT2D eigenvalue weighted by atomic mass is 9.48. The Bertz CT molecular complexity index is 228. The van der Waals surface area contributed by atoms with E-state index in [9.17, 15) is 0 Å². The molecule has 0 saturated heterocycles. The fourth-order valence-corrected chi connectivity index (χ4v) is 6.90. The minimum Gasteiger partial charge on any atom is -0.0499 e. The first-order valence-electron chi connectivity index (χ1n) is 6.93. The molecule has 0 radical (unpaired) electrons. The van der Waals surface area contributed by atoms with Gasteiger partial charge in [-0.1, -0.05) is 0 Å². The van der Waals surface area contributed by atoms with Crippen molar-refractivity contribution >= 4 is 0 Å². The van der Waals surface area contributed by atoms with Crippen molar-refractivity contribution in [1.29, 1.82) is 0 Å². The van der Waals surface area contributed by atoms with Crippen LogP contribution >= 0.6 is 0 Å². The highest BCUT2D eigenvalue weighted by Crippen LogP contribution is 2.75. The van der Waals surface area contributed by atoms with Crippen LogP contribution in [0.3, 0.4) is 0 Å². The highest BCUT2D eigenvalue weighted by molar-refractivity contribution is 5.17. The van der Waals surface area contributed by atoms with Gasteiger partial charge in [0.1, 0.15) is 0 Å². The van der Waals surface area contributed by atoms with Gasteiger partial charge in [0, 0.05) is 0 Å². The Kier molecular flexibility index (Phi) is 1.08. The van der Waals surface area contributed by atoms with E-state index < -0.39 is 0 Å². The summed E-state index contributed by atoms with van der Waals surface area (Å²) in [6.07, 6.45) is 9.78. The van der Waals surface area contributed by atoms with Crippen LogP contribution in [0.4, 0.5) is 0 Å². The van der Waals surface area contributed by atoms with Gasteiger partial charge in [-0.3, -0.25) is 0 Å². The van der Waals surface area contributed by atoms with E-state index in [1.165, 1.54) is 47.3 Å². The van der Waals surface area contributed by atoms with Gasteiger partial charge >= 0.3 is 0 Å². The SMILES string of the molecule is C1C[C@@H]2C[C@@H]1C1C2C2C1[C@H]1CC[C@H]2C1. The highest BCUT2D eigenvalue weighted by atomic mass is 14.7. The third kappa shape index (κ3) is 0.581. The van der Waals surface area contributed by atoms with Crippen molar-refractivity contribution in [3.63, 3.8) is 0 Å². The Morgan fingerprint density at radius 2 is 0.714 bits per heavy atom. The standard InChI is InChI=1S/C14H20/c1-2-8-5-7(1)11-12(8)14-10-4-3-9(6-10)13(11)14/h7-14H,1-6H2/t7-,8-,9+,10+,11?,12?,13?,14?. The molecular formula is C14H20. The van der Waals surface area contributed by atoms with Crippen molar-refractivity contribution < 1.29 is 0 Å². The Balaban J connectivity index is 1.58. The summed E-state index contributed by atoms with van der Waals surface area (Å²) in [5.41, 5.74) is 0. The summed E-state index contributed by atoms with van der Waals surface area (Å²) < 4.78 is 0. The molecule has 8 atom stereocenters. The van der Waals surface area contributed by atoms with Crippen LogP contribution < -0.4 is 0 Å². The van der Waals surface area contributed by atoms with E-state index in [4.69, 9.17) is 0 Å². The van der Waals surface area contributed by atoms with Crippen LogP contribution in [0.25, 0.3) is 0 Å². The summed E-state index contributed by atoms with van der Waals surface area (Å²) in [6, 6.07) is 0. The number of rotatable bonds is 0. The van der Waals surface area contributed by atoms with Crippen LogP contribution in [0.2, 0.25) is 0 Å². The molecule has 0 amide bonds. The second kappa shape index (κ2) is 2.08. The van der Waals surface area contributed by atoms with Crippen molar-refractivity contribution in [2.75, 3.05) is 0 Å². The van der Waals surface area contributed by atoms with Crippen molar-refractivity contribution in [2.24, 2.45) is 47.3 Å². The molecule has 5 saturated carbocycles. The van der Waals surface area contributed by atoms with Crippen LogP contribution in [0, 0.1) is 47.3 Å². The van der Waals surface area contributed by atoms with Gasteiger partial charge in [0.15, 0.2) is 0 Å². The molecule has 0 spiro atoms. The molecule has 0 nitrogen and oxygen atoms in total. The summed E-state index contributed by atoms with van der Waals surface area (Å²) in [6.45, 7) is 0. The summed E-state index contributed by atoms with van der Waals surface area (Å²) in [4.78, 5) is 0. The molecule has 0 aliphatic heterocycles. The second-order valence-electron chi connectivity index (χ2n) is 6.98. The first-order valence-corrected chi connectivity index (χ1v) is 6.93. The van der Waals surface area contributed by atoms with Gasteiger partial charge in [0.2, 0.25) is 0 Å². The molecule has 4 bridgehead atoms. The monoisotopic (exact) mass is 188 g/mol. The van der Waals surface area contributed by atoms with E-state index in [-0.39, 0.29) is 0 Å². The molecule has 5 fully saturated rings. The fourth-order valence-electron chi connectivity index (χ4n) is 6.90. The van der Waals surface area contributed by atoms with Crippen LogP contribution in [0.1, 0.15) is 38.5 Å². The van der Waals surface area contributed by atoms with Gasteiger partial charge in [-0.15, -0.1) is 0 Å². The lowest BCUT2D eigenvalue weighted by Gasteiger charge is -2.57. The lowest BCUT2D eigenvalue weighted by Crippen LogP contribution is -2.52. The van der Waals surface area contributed by atoms with Gasteiger partial charge in [-0.05, 0) is 85.9 Å². The van der Waals surface area contributed by atoms with E-state index in [0.717, 1.165) is 0 Å². The molecule has 4 unspecified atom stereocenters. The summed E-state index contributed by atoms with van der Waals surface area (Å²) in [7, 11) is 0. The molecule has 0 heterocycles. The average molecular weight is 188 g/mol. The van der Waals surface area contributed by atoms with E-state index in [1.54, 1.807) is 38.5 Å². The first kappa shape index (κ1) is 7.30. The third-order valence-electron chi connectivity index (χ3n) is 6.98. The molecule has 5 aliphatic rings. The average Bonchev–Trinajstić information content (AvgIpc) is 2.82. The number of hydrogen-bond acceptors (Lipinski definition) is 0. The summed E-state index contributed by atoms with van der Waals surface area (Å²) >= 11 is 0. The van der Waals surface area contributed by atoms with Crippen LogP contribution in [-0.4, -0.2) is 0 Å². The molecule has 0 N–H and O–H groups in total. The van der Waals surface area contributed by atoms with Gasteiger partial charge in [0.05, 0.1) is 0 Å². The van der Waals surface area contributed by atoms with Crippen LogP contribution in [0.5, 0.6) is 0 Å². The highest BCUT2D eigenvalue weighted by Gasteiger charge is 2.69. The minimum absolute atomic E-state index is 1.21. The van der Waals surface area contributed by atoms with Gasteiger partial charge in [0.25, 0.3) is 0 Å². The molecule has 0 aromatic carbocycles. The molecule has 0 aromatic heterocycles. The van der Waals surface area contributed by atoms with E-state index in [1.807, 2.05) is 0 Å². The zero-order chi connectivity index (χ0) is 8.86. The van der Waals surface area contributed by atoms with E-state index in [0.29, 0.717) is 0 Å². The molecule has 5 aliphatic carbocycles. The Hall–Kier alpha value is 0. The molecular weight excluding hydrogens is 168 g/mol. The summed E-state index contributed by atoms with van der Waals surface area (Å²) in [5.74, 6) is 9.89. The van der Waals surface area contributed by atoms with Gasteiger partial charge < -0.3 is 0 Å². The lowest BCUT2D eigenvalue weighted by molar-refractivity contribution is -0.0918. The largest absolute Gasteiger partial charge is 0.0499 e. The zero-order valence-corrected chi connectivity index (χ0v) is 8.86. The zero-order valence-electron chi connectivity index (χ0n) is 8.86. The maximum absolute atomic E-state index is 1.65. The van der Waals surface area contributed by atoms with Gasteiger partial charge in [-0.2, -0.15) is 0 Å². The van der Waals surface area contributed by atoms with Crippen molar-refractivity contribution in [1.82, 2.24) is 0 Å². The van der Waals surface area contributed by atoms with E-state index in [2.05, 4.69) is 0 Å². The van der Waals surface area contributed by atoms with Crippen molar-refractivity contribution in [3.05, 3.63) is 0 Å². The quantitative estimate of drug-likeness (QED) is 0.547. The minimum atomic E-state index is 1.21. The second-order valence-corrected chi connectivity index (χ2v) is 6.98. The Morgan fingerprint density at radius 1 is 0.429 bits per heavy atom. The van der Waals surface area contributed by atoms with Crippen molar-refractivity contribution in [2.45, 2.75) is 38.5 Å². The molecule has 0 heteroatoms. The predicted molar refractivity (Wildman–Crippen MR) is 55.6 cm³/mol. The molecule has 0 aromatic rings. The topological polar surface area (TPSA) is 0 Å². The van der Waals surface area contributed by atoms with E-state index >= 15 is 0 Å². The fraction of sp³-hybridized carbons (Fsp3) is 1.00. The number of hydrogen-bond donors (Lipinski definition) is 0. The van der Waals surface area contributed by atoms with Crippen molar-refractivity contribution in [3.8, 4) is 0 Å². The van der Waals surface area contributed by atoms with Gasteiger partial charge in [-0.25, -0.2) is 0 Å². The Labute approximate surface area is 86.5 Å². The smallest absolute Gasteiger partial charge is 0.0318 e. The molecule has 5 rings (SSSR count). The van der Waals surface area contributed by atoms with Crippen LogP contribution in [0.15, 0.2) is 0 Å². The van der Waals surface area contributed by atoms with Crippen LogP contribution in [-0.2, 0) is 0 Å². The summed E-state index contributed by atoms with van der Waals surface area (Å²) in [5, 5.41) is 0. The maximum Gasteiger partial charge on any atom is -0.0318 e. The first-order chi connectivity index (χ1) is 6.93. The third-order valence-corrected chi connectivity index (χ3v) is 6.98.